The Labute approximate surface area is 81.9 Å². The summed E-state index contributed by atoms with van der Waals surface area (Å²) in [4.78, 5) is 19.8. The molecule has 0 amide bonds. The Bertz CT molecular complexity index is 420. The summed E-state index contributed by atoms with van der Waals surface area (Å²) in [6.07, 6.45) is 0. The summed E-state index contributed by atoms with van der Waals surface area (Å²) in [6.45, 7) is 0. The number of halogens is 2. The number of hydrogen-bond acceptors (Lipinski definition) is 3. The summed E-state index contributed by atoms with van der Waals surface area (Å²) < 4.78 is 12.9. The van der Waals surface area contributed by atoms with Crippen molar-refractivity contribution in [2.75, 3.05) is 0 Å². The number of carboxylic acids is 1. The molecule has 0 heterocycles. The van der Waals surface area contributed by atoms with E-state index < -0.39 is 33.0 Å². The van der Waals surface area contributed by atoms with Crippen LogP contribution >= 0.6 is 11.6 Å². The van der Waals surface area contributed by atoms with Crippen LogP contribution in [0.3, 0.4) is 0 Å². The number of nitro benzene ring substituents is 1. The second-order valence-electron chi connectivity index (χ2n) is 2.35. The highest BCUT2D eigenvalue weighted by molar-refractivity contribution is 6.32. The van der Waals surface area contributed by atoms with Crippen LogP contribution in [0.4, 0.5) is 10.1 Å². The molecule has 0 unspecified atom stereocenters. The molecule has 74 valence electrons. The molecule has 1 N–H and O–H groups in total. The number of nitro groups is 1. The van der Waals surface area contributed by atoms with Gasteiger partial charge in [-0.05, 0) is 6.07 Å². The van der Waals surface area contributed by atoms with Gasteiger partial charge < -0.3 is 5.11 Å². The van der Waals surface area contributed by atoms with E-state index in [1.54, 1.807) is 0 Å². The highest BCUT2D eigenvalue weighted by Crippen LogP contribution is 2.28. The molecule has 0 aliphatic rings. The molecular weight excluding hydrogens is 217 g/mol. The summed E-state index contributed by atoms with van der Waals surface area (Å²) >= 11 is 5.26. The highest BCUT2D eigenvalue weighted by Gasteiger charge is 2.20. The van der Waals surface area contributed by atoms with Crippen LogP contribution in [0.5, 0.6) is 0 Å². The zero-order chi connectivity index (χ0) is 10.9. The molecule has 0 radical (unpaired) electrons. The van der Waals surface area contributed by atoms with E-state index in [4.69, 9.17) is 16.7 Å². The molecule has 0 spiro atoms. The lowest BCUT2D eigenvalue weighted by molar-refractivity contribution is -0.384. The number of benzene rings is 1. The molecule has 0 saturated carbocycles. The Kier molecular flexibility index (Phi) is 2.66. The Morgan fingerprint density at radius 3 is 2.57 bits per heavy atom. The summed E-state index contributed by atoms with van der Waals surface area (Å²) in [5, 5.41) is 18.1. The molecule has 0 saturated heterocycles. The molecule has 0 aliphatic carbocycles. The maximum Gasteiger partial charge on any atom is 0.336 e. The number of rotatable bonds is 2. The standard InChI is InChI=1S/C7H3ClFNO4/c8-6-4(9)1-3(7(11)12)2-5(6)10(13)14/h1-2H,(H,11,12). The number of hydrogen-bond donors (Lipinski definition) is 1. The van der Waals surface area contributed by atoms with Gasteiger partial charge in [0.25, 0.3) is 5.69 Å². The first kappa shape index (κ1) is 10.4. The van der Waals surface area contributed by atoms with Gasteiger partial charge in [0, 0.05) is 6.07 Å². The van der Waals surface area contributed by atoms with Gasteiger partial charge in [0.15, 0.2) is 5.02 Å². The minimum atomic E-state index is -1.45. The smallest absolute Gasteiger partial charge is 0.336 e. The van der Waals surface area contributed by atoms with E-state index in [1.165, 1.54) is 0 Å². The summed E-state index contributed by atoms with van der Waals surface area (Å²) in [7, 11) is 0. The molecule has 1 aromatic carbocycles. The fourth-order valence-electron chi connectivity index (χ4n) is 0.831. The van der Waals surface area contributed by atoms with Gasteiger partial charge in [-0.3, -0.25) is 10.1 Å². The molecule has 0 fully saturated rings. The van der Waals surface area contributed by atoms with Crippen molar-refractivity contribution in [2.24, 2.45) is 0 Å². The third kappa shape index (κ3) is 1.80. The summed E-state index contributed by atoms with van der Waals surface area (Å²) in [5.74, 6) is -2.58. The largest absolute Gasteiger partial charge is 0.478 e. The average molecular weight is 220 g/mol. The van der Waals surface area contributed by atoms with Crippen LogP contribution in [0.25, 0.3) is 0 Å². The first-order chi connectivity index (χ1) is 6.43. The number of aromatic carboxylic acids is 1. The van der Waals surface area contributed by atoms with Crippen molar-refractivity contribution in [3.05, 3.63) is 38.7 Å². The van der Waals surface area contributed by atoms with E-state index in [9.17, 15) is 19.3 Å². The van der Waals surface area contributed by atoms with E-state index in [2.05, 4.69) is 0 Å². The fourth-order valence-corrected chi connectivity index (χ4v) is 1.01. The van der Waals surface area contributed by atoms with Crippen LogP contribution in [-0.2, 0) is 0 Å². The van der Waals surface area contributed by atoms with Gasteiger partial charge in [-0.1, -0.05) is 11.6 Å². The normalized spacial score (nSPS) is 9.86. The van der Waals surface area contributed by atoms with Crippen LogP contribution in [0.15, 0.2) is 12.1 Å². The molecular formula is C7H3ClFNO4. The van der Waals surface area contributed by atoms with Crippen molar-refractivity contribution in [2.45, 2.75) is 0 Å². The van der Waals surface area contributed by atoms with Crippen molar-refractivity contribution >= 4 is 23.3 Å². The Morgan fingerprint density at radius 2 is 2.14 bits per heavy atom. The first-order valence-corrected chi connectivity index (χ1v) is 3.68. The van der Waals surface area contributed by atoms with Crippen molar-refractivity contribution < 1.29 is 19.2 Å². The van der Waals surface area contributed by atoms with Crippen LogP contribution in [0, 0.1) is 15.9 Å². The summed E-state index contributed by atoms with van der Waals surface area (Å²) in [6, 6.07) is 1.32. The molecule has 5 nitrogen and oxygen atoms in total. The van der Waals surface area contributed by atoms with Gasteiger partial charge in [-0.25, -0.2) is 9.18 Å². The Balaban J connectivity index is 3.43. The lowest BCUT2D eigenvalue weighted by Gasteiger charge is -1.98. The lowest BCUT2D eigenvalue weighted by atomic mass is 10.2. The van der Waals surface area contributed by atoms with Gasteiger partial charge >= 0.3 is 5.97 Å². The third-order valence-corrected chi connectivity index (χ3v) is 1.83. The van der Waals surface area contributed by atoms with Crippen molar-refractivity contribution in [1.82, 2.24) is 0 Å². The number of carboxylic acid groups (broad SMARTS) is 1. The van der Waals surface area contributed by atoms with Crippen molar-refractivity contribution in [3.63, 3.8) is 0 Å². The van der Waals surface area contributed by atoms with Gasteiger partial charge in [0.2, 0.25) is 0 Å². The second-order valence-corrected chi connectivity index (χ2v) is 2.73. The zero-order valence-corrected chi connectivity index (χ0v) is 7.29. The Hall–Kier alpha value is -1.69. The molecule has 0 aliphatic heterocycles. The van der Waals surface area contributed by atoms with E-state index in [0.717, 1.165) is 0 Å². The maximum absolute atomic E-state index is 12.9. The van der Waals surface area contributed by atoms with Gasteiger partial charge in [-0.2, -0.15) is 0 Å². The van der Waals surface area contributed by atoms with Crippen LogP contribution in [0.1, 0.15) is 10.4 Å². The number of carbonyl (C=O) groups is 1. The van der Waals surface area contributed by atoms with E-state index in [0.29, 0.717) is 12.1 Å². The van der Waals surface area contributed by atoms with Gasteiger partial charge in [0.1, 0.15) is 5.82 Å². The highest BCUT2D eigenvalue weighted by atomic mass is 35.5. The monoisotopic (exact) mass is 219 g/mol. The van der Waals surface area contributed by atoms with E-state index >= 15 is 0 Å². The van der Waals surface area contributed by atoms with Crippen LogP contribution in [0.2, 0.25) is 5.02 Å². The topological polar surface area (TPSA) is 80.4 Å². The van der Waals surface area contributed by atoms with Crippen LogP contribution in [-0.4, -0.2) is 16.0 Å². The fraction of sp³-hybridized carbons (Fsp3) is 0. The lowest BCUT2D eigenvalue weighted by Crippen LogP contribution is -2.00. The minimum Gasteiger partial charge on any atom is -0.478 e. The average Bonchev–Trinajstić information content (AvgIpc) is 2.08. The SMILES string of the molecule is O=C(O)c1cc(F)c(Cl)c([N+](=O)[O-])c1. The molecule has 7 heteroatoms. The zero-order valence-electron chi connectivity index (χ0n) is 6.53. The van der Waals surface area contributed by atoms with E-state index in [-0.39, 0.29) is 0 Å². The molecule has 0 aromatic heterocycles. The molecule has 0 atom stereocenters. The third-order valence-electron chi connectivity index (χ3n) is 1.45. The van der Waals surface area contributed by atoms with Crippen molar-refractivity contribution in [1.29, 1.82) is 0 Å². The quantitative estimate of drug-likeness (QED) is 0.610. The predicted octanol–water partition coefficient (Wildman–Crippen LogP) is 2.09. The van der Waals surface area contributed by atoms with E-state index in [1.807, 2.05) is 0 Å². The van der Waals surface area contributed by atoms with Crippen LogP contribution < -0.4 is 0 Å². The summed E-state index contributed by atoms with van der Waals surface area (Å²) in [5.41, 5.74) is -1.28. The number of nitrogens with zero attached hydrogens (tertiary/aromatic N) is 1. The van der Waals surface area contributed by atoms with Gasteiger partial charge in [0.05, 0.1) is 10.5 Å². The predicted molar refractivity (Wildman–Crippen MR) is 45.0 cm³/mol. The van der Waals surface area contributed by atoms with Gasteiger partial charge in [-0.15, -0.1) is 0 Å². The maximum atomic E-state index is 12.9. The molecule has 14 heavy (non-hydrogen) atoms. The Morgan fingerprint density at radius 1 is 1.57 bits per heavy atom. The minimum absolute atomic E-state index is 0.515. The molecule has 1 aromatic rings. The molecule has 1 rings (SSSR count). The first-order valence-electron chi connectivity index (χ1n) is 3.30. The van der Waals surface area contributed by atoms with Crippen molar-refractivity contribution in [3.8, 4) is 0 Å². The molecule has 0 bridgehead atoms. The second kappa shape index (κ2) is 3.59.